The molecule has 26 heavy (non-hydrogen) atoms. The zero-order valence-electron chi connectivity index (χ0n) is 15.1. The van der Waals surface area contributed by atoms with E-state index in [1.165, 1.54) is 49.8 Å². The summed E-state index contributed by atoms with van der Waals surface area (Å²) < 4.78 is 28.2. The average Bonchev–Trinajstić information content (AvgIpc) is 2.69. The Labute approximate surface area is 153 Å². The molecule has 3 aromatic carbocycles. The zero-order valence-corrected chi connectivity index (χ0v) is 15.1. The second kappa shape index (κ2) is 7.19. The van der Waals surface area contributed by atoms with Gasteiger partial charge in [0.2, 0.25) is 0 Å². The summed E-state index contributed by atoms with van der Waals surface area (Å²) in [5.74, 6) is 0.942. The van der Waals surface area contributed by atoms with E-state index in [2.05, 4.69) is 19.1 Å². The molecule has 0 aromatic heterocycles. The molecular weight excluding hydrogens is 326 g/mol. The highest BCUT2D eigenvalue weighted by Crippen LogP contribution is 2.38. The van der Waals surface area contributed by atoms with Gasteiger partial charge in [-0.1, -0.05) is 55.8 Å². The minimum absolute atomic E-state index is 0.227. The van der Waals surface area contributed by atoms with E-state index in [4.69, 9.17) is 0 Å². The first-order valence-corrected chi connectivity index (χ1v) is 9.64. The molecule has 1 aliphatic carbocycles. The van der Waals surface area contributed by atoms with Crippen molar-refractivity contribution in [3.05, 3.63) is 71.8 Å². The van der Waals surface area contributed by atoms with Crippen molar-refractivity contribution in [1.82, 2.24) is 0 Å². The molecule has 0 saturated heterocycles. The van der Waals surface area contributed by atoms with Gasteiger partial charge in [-0.2, -0.15) is 0 Å². The number of halogens is 2. The monoisotopic (exact) mass is 350 g/mol. The van der Waals surface area contributed by atoms with Gasteiger partial charge >= 0.3 is 0 Å². The minimum atomic E-state index is -0.308. The average molecular weight is 350 g/mol. The minimum Gasteiger partial charge on any atom is -0.207 e. The molecule has 1 aliphatic rings. The van der Waals surface area contributed by atoms with Crippen LogP contribution in [-0.2, 0) is 0 Å². The van der Waals surface area contributed by atoms with Crippen molar-refractivity contribution >= 4 is 10.8 Å². The van der Waals surface area contributed by atoms with Gasteiger partial charge in [0.1, 0.15) is 11.6 Å². The largest absolute Gasteiger partial charge is 0.207 e. The van der Waals surface area contributed by atoms with Gasteiger partial charge in [0.25, 0.3) is 0 Å². The molecule has 1 fully saturated rings. The Morgan fingerprint density at radius 1 is 0.846 bits per heavy atom. The lowest BCUT2D eigenvalue weighted by molar-refractivity contribution is 0.319. The molecule has 134 valence electrons. The van der Waals surface area contributed by atoms with Gasteiger partial charge in [-0.25, -0.2) is 8.78 Å². The van der Waals surface area contributed by atoms with Crippen molar-refractivity contribution in [2.24, 2.45) is 5.92 Å². The number of benzene rings is 3. The van der Waals surface area contributed by atoms with Crippen LogP contribution < -0.4 is 0 Å². The van der Waals surface area contributed by atoms with Crippen LogP contribution in [0.25, 0.3) is 21.9 Å². The SMILES string of the molecule is CC[C@H]1CC[C@H](c2ccc3c(F)c(-c4ccc(F)cc4)ccc3c2)CC1. The zero-order chi connectivity index (χ0) is 18.1. The van der Waals surface area contributed by atoms with Gasteiger partial charge in [-0.05, 0) is 66.2 Å². The highest BCUT2D eigenvalue weighted by molar-refractivity contribution is 5.88. The third kappa shape index (κ3) is 3.25. The highest BCUT2D eigenvalue weighted by Gasteiger charge is 2.21. The first kappa shape index (κ1) is 17.2. The lowest BCUT2D eigenvalue weighted by Gasteiger charge is -2.28. The molecule has 0 amide bonds. The molecule has 3 aromatic rings. The fourth-order valence-corrected chi connectivity index (χ4v) is 4.32. The van der Waals surface area contributed by atoms with Gasteiger partial charge in [0.15, 0.2) is 0 Å². The lowest BCUT2D eigenvalue weighted by atomic mass is 9.77. The van der Waals surface area contributed by atoms with Gasteiger partial charge < -0.3 is 0 Å². The van der Waals surface area contributed by atoms with Crippen LogP contribution in [0.4, 0.5) is 8.78 Å². The Hall–Kier alpha value is -2.22. The normalized spacial score (nSPS) is 20.4. The first-order valence-electron chi connectivity index (χ1n) is 9.64. The molecule has 0 bridgehead atoms. The number of rotatable bonds is 3. The summed E-state index contributed by atoms with van der Waals surface area (Å²) in [6.07, 6.45) is 6.36. The maximum absolute atomic E-state index is 15.0. The van der Waals surface area contributed by atoms with E-state index in [0.29, 0.717) is 22.4 Å². The fraction of sp³-hybridized carbons (Fsp3) is 0.333. The van der Waals surface area contributed by atoms with Crippen molar-refractivity contribution in [3.63, 3.8) is 0 Å². The van der Waals surface area contributed by atoms with Crippen LogP contribution in [0.5, 0.6) is 0 Å². The van der Waals surface area contributed by atoms with E-state index in [1.807, 2.05) is 18.2 Å². The maximum Gasteiger partial charge on any atom is 0.138 e. The summed E-state index contributed by atoms with van der Waals surface area (Å²) in [6, 6.07) is 15.9. The Balaban J connectivity index is 1.66. The first-order chi connectivity index (χ1) is 12.7. The second-order valence-corrected chi connectivity index (χ2v) is 7.54. The van der Waals surface area contributed by atoms with Crippen molar-refractivity contribution in [2.45, 2.75) is 44.9 Å². The van der Waals surface area contributed by atoms with Crippen molar-refractivity contribution in [1.29, 1.82) is 0 Å². The van der Waals surface area contributed by atoms with Gasteiger partial charge in [-0.15, -0.1) is 0 Å². The fourth-order valence-electron chi connectivity index (χ4n) is 4.32. The molecule has 0 nitrogen and oxygen atoms in total. The van der Waals surface area contributed by atoms with Crippen LogP contribution in [-0.4, -0.2) is 0 Å². The van der Waals surface area contributed by atoms with E-state index >= 15 is 4.39 Å². The van der Waals surface area contributed by atoms with Gasteiger partial charge in [0.05, 0.1) is 0 Å². The Bertz CT molecular complexity index is 903. The van der Waals surface area contributed by atoms with Crippen LogP contribution in [0.1, 0.15) is 50.5 Å². The lowest BCUT2D eigenvalue weighted by Crippen LogP contribution is -2.12. The van der Waals surface area contributed by atoms with Crippen LogP contribution in [0, 0.1) is 17.6 Å². The van der Waals surface area contributed by atoms with Gasteiger partial charge in [0, 0.05) is 10.9 Å². The Kier molecular flexibility index (Phi) is 4.76. The maximum atomic E-state index is 15.0. The van der Waals surface area contributed by atoms with E-state index in [9.17, 15) is 4.39 Å². The van der Waals surface area contributed by atoms with Crippen LogP contribution in [0.2, 0.25) is 0 Å². The topological polar surface area (TPSA) is 0 Å². The Morgan fingerprint density at radius 3 is 2.27 bits per heavy atom. The summed E-state index contributed by atoms with van der Waals surface area (Å²) in [7, 11) is 0. The molecule has 0 unspecified atom stereocenters. The molecule has 0 radical (unpaired) electrons. The molecule has 0 N–H and O–H groups in total. The molecule has 4 rings (SSSR count). The number of fused-ring (bicyclic) bond motifs is 1. The standard InChI is InChI=1S/C24H24F2/c1-2-16-3-5-17(6-4-16)19-9-13-23-20(15-19)10-14-22(24(23)26)18-7-11-21(25)12-8-18/h7-17H,2-6H2,1H3/t16-,17-. The van der Waals surface area contributed by atoms with Crippen LogP contribution >= 0.6 is 0 Å². The van der Waals surface area contributed by atoms with E-state index in [0.717, 1.165) is 11.3 Å². The predicted molar refractivity (Wildman–Crippen MR) is 104 cm³/mol. The van der Waals surface area contributed by atoms with Crippen molar-refractivity contribution in [2.75, 3.05) is 0 Å². The molecule has 1 saturated carbocycles. The molecule has 2 heteroatoms. The highest BCUT2D eigenvalue weighted by atomic mass is 19.1. The van der Waals surface area contributed by atoms with Gasteiger partial charge in [-0.3, -0.25) is 0 Å². The molecule has 0 heterocycles. The second-order valence-electron chi connectivity index (χ2n) is 7.54. The summed E-state index contributed by atoms with van der Waals surface area (Å²) in [5.41, 5.74) is 2.56. The van der Waals surface area contributed by atoms with E-state index in [-0.39, 0.29) is 11.6 Å². The summed E-state index contributed by atoms with van der Waals surface area (Å²) in [5, 5.41) is 1.58. The third-order valence-corrected chi connectivity index (χ3v) is 6.03. The van der Waals surface area contributed by atoms with E-state index < -0.39 is 0 Å². The number of hydrogen-bond donors (Lipinski definition) is 0. The molecule has 0 spiro atoms. The molecule has 0 aliphatic heterocycles. The summed E-state index contributed by atoms with van der Waals surface area (Å²) in [4.78, 5) is 0. The van der Waals surface area contributed by atoms with Crippen LogP contribution in [0.15, 0.2) is 54.6 Å². The third-order valence-electron chi connectivity index (χ3n) is 6.03. The number of hydrogen-bond acceptors (Lipinski definition) is 0. The van der Waals surface area contributed by atoms with Crippen molar-refractivity contribution in [3.8, 4) is 11.1 Å². The van der Waals surface area contributed by atoms with Crippen molar-refractivity contribution < 1.29 is 8.78 Å². The van der Waals surface area contributed by atoms with Crippen LogP contribution in [0.3, 0.4) is 0 Å². The molecular formula is C24H24F2. The smallest absolute Gasteiger partial charge is 0.138 e. The Morgan fingerprint density at radius 2 is 1.58 bits per heavy atom. The predicted octanol–water partition coefficient (Wildman–Crippen LogP) is 7.47. The summed E-state index contributed by atoms with van der Waals surface area (Å²) in [6.45, 7) is 2.28. The quantitative estimate of drug-likeness (QED) is 0.459. The van der Waals surface area contributed by atoms with E-state index in [1.54, 1.807) is 12.1 Å². The summed E-state index contributed by atoms with van der Waals surface area (Å²) >= 11 is 0. The molecule has 0 atom stereocenters.